The molecule has 0 aromatic rings. The summed E-state index contributed by atoms with van der Waals surface area (Å²) in [5.41, 5.74) is 0.633. The van der Waals surface area contributed by atoms with Crippen molar-refractivity contribution in [3.05, 3.63) is 11.6 Å². The summed E-state index contributed by atoms with van der Waals surface area (Å²) in [5.74, 6) is -0.278. The SMILES string of the molecule is COC(=O)C1=CCCOC1. The zero-order valence-corrected chi connectivity index (χ0v) is 5.92. The lowest BCUT2D eigenvalue weighted by molar-refractivity contribution is -0.137. The van der Waals surface area contributed by atoms with Gasteiger partial charge in [0.25, 0.3) is 0 Å². The van der Waals surface area contributed by atoms with Crippen LogP contribution >= 0.6 is 0 Å². The van der Waals surface area contributed by atoms with Gasteiger partial charge < -0.3 is 9.47 Å². The molecule has 10 heavy (non-hydrogen) atoms. The van der Waals surface area contributed by atoms with Crippen molar-refractivity contribution in [2.24, 2.45) is 0 Å². The fourth-order valence-corrected chi connectivity index (χ4v) is 0.831. The maximum absolute atomic E-state index is 10.8. The summed E-state index contributed by atoms with van der Waals surface area (Å²) in [5, 5.41) is 0. The highest BCUT2D eigenvalue weighted by Gasteiger charge is 2.11. The van der Waals surface area contributed by atoms with E-state index >= 15 is 0 Å². The number of rotatable bonds is 1. The van der Waals surface area contributed by atoms with E-state index in [2.05, 4.69) is 4.74 Å². The fraction of sp³-hybridized carbons (Fsp3) is 0.571. The molecule has 0 spiro atoms. The van der Waals surface area contributed by atoms with Crippen molar-refractivity contribution in [1.82, 2.24) is 0 Å². The number of methoxy groups -OCH3 is 1. The van der Waals surface area contributed by atoms with E-state index in [1.165, 1.54) is 7.11 Å². The minimum atomic E-state index is -0.278. The zero-order valence-electron chi connectivity index (χ0n) is 5.92. The summed E-state index contributed by atoms with van der Waals surface area (Å²) >= 11 is 0. The zero-order chi connectivity index (χ0) is 7.40. The van der Waals surface area contributed by atoms with Crippen molar-refractivity contribution in [2.45, 2.75) is 6.42 Å². The molecule has 0 amide bonds. The number of esters is 1. The molecule has 0 N–H and O–H groups in total. The third-order valence-corrected chi connectivity index (χ3v) is 1.36. The van der Waals surface area contributed by atoms with Gasteiger partial charge >= 0.3 is 5.97 Å². The first-order valence-electron chi connectivity index (χ1n) is 3.19. The molecule has 1 rings (SSSR count). The van der Waals surface area contributed by atoms with Crippen molar-refractivity contribution >= 4 is 5.97 Å². The molecule has 0 fully saturated rings. The summed E-state index contributed by atoms with van der Waals surface area (Å²) in [6, 6.07) is 0. The third-order valence-electron chi connectivity index (χ3n) is 1.36. The van der Waals surface area contributed by atoms with E-state index in [9.17, 15) is 4.79 Å². The monoisotopic (exact) mass is 142 g/mol. The Morgan fingerprint density at radius 3 is 3.10 bits per heavy atom. The highest BCUT2D eigenvalue weighted by atomic mass is 16.5. The molecule has 0 aliphatic carbocycles. The average molecular weight is 142 g/mol. The van der Waals surface area contributed by atoms with Gasteiger partial charge in [0.15, 0.2) is 0 Å². The van der Waals surface area contributed by atoms with Crippen LogP contribution in [-0.4, -0.2) is 26.3 Å². The van der Waals surface area contributed by atoms with Crippen LogP contribution in [0.1, 0.15) is 6.42 Å². The number of ether oxygens (including phenoxy) is 2. The lowest BCUT2D eigenvalue weighted by Crippen LogP contribution is -2.14. The van der Waals surface area contributed by atoms with Gasteiger partial charge in [-0.15, -0.1) is 0 Å². The van der Waals surface area contributed by atoms with Crippen molar-refractivity contribution in [3.8, 4) is 0 Å². The Labute approximate surface area is 59.6 Å². The van der Waals surface area contributed by atoms with Crippen LogP contribution in [-0.2, 0) is 14.3 Å². The van der Waals surface area contributed by atoms with Gasteiger partial charge in [-0.25, -0.2) is 4.79 Å². The first kappa shape index (κ1) is 7.28. The molecule has 1 aliphatic heterocycles. The third kappa shape index (κ3) is 1.57. The second-order valence-corrected chi connectivity index (χ2v) is 2.06. The van der Waals surface area contributed by atoms with Crippen molar-refractivity contribution in [2.75, 3.05) is 20.3 Å². The van der Waals surface area contributed by atoms with Gasteiger partial charge in [-0.05, 0) is 6.42 Å². The summed E-state index contributed by atoms with van der Waals surface area (Å²) < 4.78 is 9.54. The second-order valence-electron chi connectivity index (χ2n) is 2.06. The minimum absolute atomic E-state index is 0.278. The molecule has 0 radical (unpaired) electrons. The average Bonchev–Trinajstić information content (AvgIpc) is 2.05. The molecule has 0 aromatic carbocycles. The Morgan fingerprint density at radius 1 is 1.80 bits per heavy atom. The van der Waals surface area contributed by atoms with Gasteiger partial charge in [-0.1, -0.05) is 6.08 Å². The predicted octanol–water partition coefficient (Wildman–Crippen LogP) is 0.506. The van der Waals surface area contributed by atoms with Gasteiger partial charge in [-0.2, -0.15) is 0 Å². The highest BCUT2D eigenvalue weighted by molar-refractivity contribution is 5.88. The largest absolute Gasteiger partial charge is 0.466 e. The van der Waals surface area contributed by atoms with E-state index in [1.54, 1.807) is 0 Å². The van der Waals surface area contributed by atoms with Gasteiger partial charge in [0.05, 0.1) is 25.9 Å². The molecule has 56 valence electrons. The van der Waals surface area contributed by atoms with Crippen molar-refractivity contribution < 1.29 is 14.3 Å². The maximum Gasteiger partial charge on any atom is 0.335 e. The summed E-state index contributed by atoms with van der Waals surface area (Å²) in [6.07, 6.45) is 2.67. The van der Waals surface area contributed by atoms with Crippen molar-refractivity contribution in [1.29, 1.82) is 0 Å². The number of carbonyl (C=O) groups excluding carboxylic acids is 1. The van der Waals surface area contributed by atoms with Crippen LogP contribution in [0.15, 0.2) is 11.6 Å². The molecule has 1 aliphatic rings. The van der Waals surface area contributed by atoms with Gasteiger partial charge in [-0.3, -0.25) is 0 Å². The number of carbonyl (C=O) groups is 1. The molecule has 0 bridgehead atoms. The van der Waals surface area contributed by atoms with Crippen LogP contribution in [0.4, 0.5) is 0 Å². The molecule has 1 heterocycles. The second kappa shape index (κ2) is 3.37. The number of hydrogen-bond donors (Lipinski definition) is 0. The van der Waals surface area contributed by atoms with E-state index in [0.29, 0.717) is 18.8 Å². The van der Waals surface area contributed by atoms with E-state index in [-0.39, 0.29) is 5.97 Å². The Balaban J connectivity index is 2.53. The predicted molar refractivity (Wildman–Crippen MR) is 35.5 cm³/mol. The molecule has 3 nitrogen and oxygen atoms in total. The molecule has 0 saturated carbocycles. The lowest BCUT2D eigenvalue weighted by atomic mass is 10.2. The van der Waals surface area contributed by atoms with E-state index in [0.717, 1.165) is 6.42 Å². The summed E-state index contributed by atoms with van der Waals surface area (Å²) in [4.78, 5) is 10.8. The Morgan fingerprint density at radius 2 is 2.60 bits per heavy atom. The first-order valence-corrected chi connectivity index (χ1v) is 3.19. The molecular weight excluding hydrogens is 132 g/mol. The van der Waals surface area contributed by atoms with Gasteiger partial charge in [0.2, 0.25) is 0 Å². The Bertz CT molecular complexity index is 160. The molecular formula is C7H10O3. The minimum Gasteiger partial charge on any atom is -0.466 e. The van der Waals surface area contributed by atoms with Crippen LogP contribution < -0.4 is 0 Å². The standard InChI is InChI=1S/C7H10O3/c1-9-7(8)6-3-2-4-10-5-6/h3H,2,4-5H2,1H3. The van der Waals surface area contributed by atoms with E-state index in [4.69, 9.17) is 4.74 Å². The molecule has 0 unspecified atom stereocenters. The van der Waals surface area contributed by atoms with Crippen LogP contribution in [0.3, 0.4) is 0 Å². The Kier molecular flexibility index (Phi) is 2.45. The number of hydrogen-bond acceptors (Lipinski definition) is 3. The highest BCUT2D eigenvalue weighted by Crippen LogP contribution is 2.06. The molecule has 0 atom stereocenters. The molecule has 0 saturated heterocycles. The van der Waals surface area contributed by atoms with Crippen LogP contribution in [0.25, 0.3) is 0 Å². The quantitative estimate of drug-likeness (QED) is 0.500. The van der Waals surface area contributed by atoms with E-state index < -0.39 is 0 Å². The first-order chi connectivity index (χ1) is 4.84. The Hall–Kier alpha value is -0.830. The smallest absolute Gasteiger partial charge is 0.335 e. The molecule has 0 aromatic heterocycles. The van der Waals surface area contributed by atoms with Crippen LogP contribution in [0.2, 0.25) is 0 Å². The maximum atomic E-state index is 10.8. The van der Waals surface area contributed by atoms with Crippen LogP contribution in [0.5, 0.6) is 0 Å². The van der Waals surface area contributed by atoms with Gasteiger partial charge in [0, 0.05) is 0 Å². The van der Waals surface area contributed by atoms with Gasteiger partial charge in [0.1, 0.15) is 0 Å². The summed E-state index contributed by atoms with van der Waals surface area (Å²) in [6.45, 7) is 1.10. The van der Waals surface area contributed by atoms with Crippen LogP contribution in [0, 0.1) is 0 Å². The lowest BCUT2D eigenvalue weighted by Gasteiger charge is -2.10. The summed E-state index contributed by atoms with van der Waals surface area (Å²) in [7, 11) is 1.37. The fourth-order valence-electron chi connectivity index (χ4n) is 0.831. The van der Waals surface area contributed by atoms with E-state index in [1.807, 2.05) is 6.08 Å². The van der Waals surface area contributed by atoms with Crippen molar-refractivity contribution in [3.63, 3.8) is 0 Å². The molecule has 3 heteroatoms. The topological polar surface area (TPSA) is 35.5 Å². The normalized spacial score (nSPS) is 17.9.